The van der Waals surface area contributed by atoms with Crippen LogP contribution in [-0.4, -0.2) is 35.8 Å². The number of carbonyl (C=O) groups excluding carboxylic acids is 1. The number of β-amino-alcohol motifs (C(OH)–C–C–N with tert-alkyl or cyclic N) is 1. The minimum Gasteiger partial charge on any atom is -0.490 e. The van der Waals surface area contributed by atoms with Crippen molar-refractivity contribution in [3.63, 3.8) is 0 Å². The van der Waals surface area contributed by atoms with Gasteiger partial charge in [-0.3, -0.25) is 4.79 Å². The maximum atomic E-state index is 12.2. The van der Waals surface area contributed by atoms with Gasteiger partial charge >= 0.3 is 0 Å². The Hall–Kier alpha value is -1.30. The van der Waals surface area contributed by atoms with E-state index >= 15 is 0 Å². The van der Waals surface area contributed by atoms with Crippen LogP contribution in [0.1, 0.15) is 44.7 Å². The highest BCUT2D eigenvalue weighted by molar-refractivity contribution is 5.85. The standard InChI is InChI=1S/C19H30N2O3.ClH/c1-12(2)7-14(4)24-18-8-13(3)5-6-15(18)10-21-19(23)17-9-16(22)11-20-17;/h5-6,8,12,14,16-17,20,22H,7,9-11H2,1-4H3,(H,21,23);1H. The van der Waals surface area contributed by atoms with Gasteiger partial charge in [-0.1, -0.05) is 26.0 Å². The molecule has 0 spiro atoms. The van der Waals surface area contributed by atoms with Crippen LogP contribution in [0.25, 0.3) is 0 Å². The van der Waals surface area contributed by atoms with Gasteiger partial charge in [-0.05, 0) is 44.2 Å². The zero-order valence-electron chi connectivity index (χ0n) is 15.5. The Morgan fingerprint density at radius 1 is 1.40 bits per heavy atom. The molecule has 0 aromatic heterocycles. The second-order valence-electron chi connectivity index (χ2n) is 7.24. The molecule has 1 aliphatic rings. The molecule has 0 aliphatic carbocycles. The number of hydrogen-bond donors (Lipinski definition) is 3. The lowest BCUT2D eigenvalue weighted by Gasteiger charge is -2.20. The van der Waals surface area contributed by atoms with Crippen LogP contribution in [0.4, 0.5) is 0 Å². The van der Waals surface area contributed by atoms with Crippen LogP contribution in [0.2, 0.25) is 0 Å². The lowest BCUT2D eigenvalue weighted by molar-refractivity contribution is -0.123. The highest BCUT2D eigenvalue weighted by Gasteiger charge is 2.27. The van der Waals surface area contributed by atoms with Crippen LogP contribution in [0, 0.1) is 12.8 Å². The first-order chi connectivity index (χ1) is 11.3. The van der Waals surface area contributed by atoms with Crippen molar-refractivity contribution in [1.82, 2.24) is 10.6 Å². The fourth-order valence-electron chi connectivity index (χ4n) is 3.07. The molecule has 1 aliphatic heterocycles. The second-order valence-corrected chi connectivity index (χ2v) is 7.24. The summed E-state index contributed by atoms with van der Waals surface area (Å²) in [5.41, 5.74) is 2.11. The summed E-state index contributed by atoms with van der Waals surface area (Å²) < 4.78 is 6.11. The Bertz CT molecular complexity index is 566. The number of amides is 1. The van der Waals surface area contributed by atoms with E-state index in [1.54, 1.807) is 0 Å². The maximum Gasteiger partial charge on any atom is 0.237 e. The first-order valence-electron chi connectivity index (χ1n) is 8.80. The Balaban J connectivity index is 0.00000312. The van der Waals surface area contributed by atoms with Crippen LogP contribution in [-0.2, 0) is 11.3 Å². The molecule has 1 saturated heterocycles. The normalized spacial score (nSPS) is 20.9. The number of rotatable bonds is 7. The van der Waals surface area contributed by atoms with Crippen LogP contribution in [0.15, 0.2) is 18.2 Å². The Kier molecular flexibility index (Phi) is 8.69. The van der Waals surface area contributed by atoms with E-state index in [1.165, 1.54) is 0 Å². The topological polar surface area (TPSA) is 70.6 Å². The smallest absolute Gasteiger partial charge is 0.237 e. The molecule has 0 saturated carbocycles. The van der Waals surface area contributed by atoms with Crippen molar-refractivity contribution < 1.29 is 14.6 Å². The molecule has 6 heteroatoms. The quantitative estimate of drug-likeness (QED) is 0.690. The average molecular weight is 371 g/mol. The molecule has 5 nitrogen and oxygen atoms in total. The Morgan fingerprint density at radius 2 is 2.12 bits per heavy atom. The minimum atomic E-state index is -0.434. The number of aliphatic hydroxyl groups excluding tert-OH is 1. The third-order valence-electron chi connectivity index (χ3n) is 4.23. The number of aliphatic hydroxyl groups is 1. The van der Waals surface area contributed by atoms with Crippen LogP contribution < -0.4 is 15.4 Å². The van der Waals surface area contributed by atoms with Gasteiger partial charge in [0.2, 0.25) is 5.91 Å². The molecule has 1 fully saturated rings. The van der Waals surface area contributed by atoms with E-state index in [-0.39, 0.29) is 30.5 Å². The third-order valence-corrected chi connectivity index (χ3v) is 4.23. The number of benzene rings is 1. The van der Waals surface area contributed by atoms with Crippen molar-refractivity contribution in [2.45, 2.75) is 65.3 Å². The van der Waals surface area contributed by atoms with Crippen molar-refractivity contribution in [2.75, 3.05) is 6.54 Å². The number of nitrogens with one attached hydrogen (secondary N) is 2. The van der Waals surface area contributed by atoms with E-state index in [0.29, 0.717) is 25.4 Å². The number of carbonyl (C=O) groups is 1. The molecular weight excluding hydrogens is 340 g/mol. The summed E-state index contributed by atoms with van der Waals surface area (Å²) in [5.74, 6) is 1.34. The number of hydrogen-bond acceptors (Lipinski definition) is 4. The summed E-state index contributed by atoms with van der Waals surface area (Å²) in [6.07, 6.45) is 1.15. The van der Waals surface area contributed by atoms with Crippen LogP contribution in [0.5, 0.6) is 5.75 Å². The van der Waals surface area contributed by atoms with Gasteiger partial charge in [0.25, 0.3) is 0 Å². The minimum absolute atomic E-state index is 0. The van der Waals surface area contributed by atoms with Gasteiger partial charge in [0.05, 0.1) is 18.2 Å². The summed E-state index contributed by atoms with van der Waals surface area (Å²) in [4.78, 5) is 12.2. The van der Waals surface area contributed by atoms with E-state index in [4.69, 9.17) is 4.74 Å². The summed E-state index contributed by atoms with van der Waals surface area (Å²) in [6, 6.07) is 5.74. The first kappa shape index (κ1) is 21.7. The fraction of sp³-hybridized carbons (Fsp3) is 0.632. The van der Waals surface area contributed by atoms with Gasteiger partial charge in [0.15, 0.2) is 0 Å². The number of ether oxygens (including phenoxy) is 1. The van der Waals surface area contributed by atoms with Gasteiger partial charge in [0.1, 0.15) is 5.75 Å². The van der Waals surface area contributed by atoms with Crippen molar-refractivity contribution in [1.29, 1.82) is 0 Å². The zero-order chi connectivity index (χ0) is 17.7. The molecule has 3 unspecified atom stereocenters. The molecule has 142 valence electrons. The lowest BCUT2D eigenvalue weighted by Crippen LogP contribution is -2.40. The zero-order valence-corrected chi connectivity index (χ0v) is 16.4. The lowest BCUT2D eigenvalue weighted by atomic mass is 10.1. The number of aryl methyl sites for hydroxylation is 1. The van der Waals surface area contributed by atoms with Crippen LogP contribution in [0.3, 0.4) is 0 Å². The molecule has 3 atom stereocenters. The molecule has 1 aromatic rings. The van der Waals surface area contributed by atoms with E-state index in [0.717, 1.165) is 23.3 Å². The van der Waals surface area contributed by atoms with Gasteiger partial charge in [-0.15, -0.1) is 12.4 Å². The average Bonchev–Trinajstić information content (AvgIpc) is 2.92. The van der Waals surface area contributed by atoms with Crippen molar-refractivity contribution in [3.05, 3.63) is 29.3 Å². The molecular formula is C19H31ClN2O3. The molecule has 1 aromatic carbocycles. The first-order valence-corrected chi connectivity index (χ1v) is 8.80. The monoisotopic (exact) mass is 370 g/mol. The highest BCUT2D eigenvalue weighted by Crippen LogP contribution is 2.23. The van der Waals surface area contributed by atoms with E-state index in [9.17, 15) is 9.90 Å². The molecule has 2 rings (SSSR count). The predicted molar refractivity (Wildman–Crippen MR) is 102 cm³/mol. The highest BCUT2D eigenvalue weighted by atomic mass is 35.5. The van der Waals surface area contributed by atoms with E-state index in [2.05, 4.69) is 31.4 Å². The third kappa shape index (κ3) is 6.84. The summed E-state index contributed by atoms with van der Waals surface area (Å²) in [6.45, 7) is 9.38. The van der Waals surface area contributed by atoms with Gasteiger partial charge < -0.3 is 20.5 Å². The van der Waals surface area contributed by atoms with Crippen LogP contribution >= 0.6 is 12.4 Å². The van der Waals surface area contributed by atoms with Crippen molar-refractivity contribution in [3.8, 4) is 5.75 Å². The maximum absolute atomic E-state index is 12.2. The molecule has 25 heavy (non-hydrogen) atoms. The van der Waals surface area contributed by atoms with Gasteiger partial charge in [0, 0.05) is 18.7 Å². The molecule has 1 heterocycles. The Morgan fingerprint density at radius 3 is 2.72 bits per heavy atom. The SMILES string of the molecule is Cc1ccc(CNC(=O)C2CC(O)CN2)c(OC(C)CC(C)C)c1.Cl. The van der Waals surface area contributed by atoms with Crippen molar-refractivity contribution in [2.24, 2.45) is 5.92 Å². The molecule has 0 radical (unpaired) electrons. The second kappa shape index (κ2) is 10.00. The summed E-state index contributed by atoms with van der Waals surface area (Å²) >= 11 is 0. The number of halogens is 1. The molecule has 1 amide bonds. The van der Waals surface area contributed by atoms with Gasteiger partial charge in [-0.25, -0.2) is 0 Å². The van der Waals surface area contributed by atoms with Gasteiger partial charge in [-0.2, -0.15) is 0 Å². The summed E-state index contributed by atoms with van der Waals surface area (Å²) in [7, 11) is 0. The molecule has 3 N–H and O–H groups in total. The largest absolute Gasteiger partial charge is 0.490 e. The van der Waals surface area contributed by atoms with E-state index in [1.807, 2.05) is 25.1 Å². The fourth-order valence-corrected chi connectivity index (χ4v) is 3.07. The van der Waals surface area contributed by atoms with Crippen molar-refractivity contribution >= 4 is 18.3 Å². The van der Waals surface area contributed by atoms with E-state index < -0.39 is 6.10 Å². The Labute approximate surface area is 156 Å². The predicted octanol–water partition coefficient (Wildman–Crippen LogP) is 2.57. The molecule has 0 bridgehead atoms. The summed E-state index contributed by atoms with van der Waals surface area (Å²) in [5, 5.41) is 15.5.